The van der Waals surface area contributed by atoms with E-state index >= 15 is 0 Å². The Hall–Kier alpha value is -1.60. The zero-order chi connectivity index (χ0) is 16.2. The molecule has 22 heavy (non-hydrogen) atoms. The van der Waals surface area contributed by atoms with Crippen molar-refractivity contribution in [1.82, 2.24) is 4.90 Å². The van der Waals surface area contributed by atoms with Crippen molar-refractivity contribution >= 4 is 15.7 Å². The number of carbonyl (C=O) groups excluding carboxylic acids is 1. The van der Waals surface area contributed by atoms with Crippen LogP contribution in [0, 0.1) is 5.92 Å². The van der Waals surface area contributed by atoms with E-state index in [0.717, 1.165) is 32.5 Å². The maximum Gasteiger partial charge on any atom is 0.221 e. The number of carbonyl (C=O) groups is 1. The van der Waals surface area contributed by atoms with Crippen molar-refractivity contribution in [1.29, 1.82) is 0 Å². The maximum atomic E-state index is 11.3. The van der Waals surface area contributed by atoms with Gasteiger partial charge in [-0.05, 0) is 43.7 Å². The first-order chi connectivity index (χ1) is 10.4. The van der Waals surface area contributed by atoms with E-state index in [-0.39, 0.29) is 16.7 Å². The Kier molecular flexibility index (Phi) is 5.42. The van der Waals surface area contributed by atoms with Gasteiger partial charge in [-0.15, -0.1) is 0 Å². The summed E-state index contributed by atoms with van der Waals surface area (Å²) in [5, 5.41) is 0. The molecule has 0 aliphatic carbocycles. The average molecular weight is 326 g/mol. The van der Waals surface area contributed by atoms with E-state index < -0.39 is 9.84 Å². The molecule has 1 aromatic carbocycles. The molecule has 2 rings (SSSR count). The Balaban J connectivity index is 1.70. The van der Waals surface area contributed by atoms with E-state index in [1.165, 1.54) is 6.26 Å². The van der Waals surface area contributed by atoms with Gasteiger partial charge in [-0.2, -0.15) is 0 Å². The first-order valence-corrected chi connectivity index (χ1v) is 9.20. The number of primary amides is 1. The first-order valence-electron chi connectivity index (χ1n) is 7.31. The second-order valence-electron chi connectivity index (χ2n) is 5.63. The van der Waals surface area contributed by atoms with Crippen molar-refractivity contribution in [2.75, 3.05) is 32.5 Å². The molecule has 122 valence electrons. The number of rotatable bonds is 7. The second-order valence-corrected chi connectivity index (χ2v) is 7.65. The van der Waals surface area contributed by atoms with E-state index in [9.17, 15) is 13.2 Å². The summed E-state index contributed by atoms with van der Waals surface area (Å²) in [5.74, 6) is 0.415. The van der Waals surface area contributed by atoms with E-state index in [1.54, 1.807) is 24.3 Å². The summed E-state index contributed by atoms with van der Waals surface area (Å²) in [7, 11) is -3.17. The van der Waals surface area contributed by atoms with E-state index in [0.29, 0.717) is 12.4 Å². The van der Waals surface area contributed by atoms with Crippen molar-refractivity contribution in [2.24, 2.45) is 11.7 Å². The highest BCUT2D eigenvalue weighted by Gasteiger charge is 2.25. The summed E-state index contributed by atoms with van der Waals surface area (Å²) >= 11 is 0. The molecule has 1 aromatic rings. The molecule has 1 fully saturated rings. The van der Waals surface area contributed by atoms with Crippen LogP contribution < -0.4 is 10.5 Å². The molecule has 0 unspecified atom stereocenters. The lowest BCUT2D eigenvalue weighted by atomic mass is 10.1. The minimum absolute atomic E-state index is 0.0237. The molecule has 1 atom stereocenters. The highest BCUT2D eigenvalue weighted by molar-refractivity contribution is 7.90. The van der Waals surface area contributed by atoms with Crippen LogP contribution in [0.5, 0.6) is 5.75 Å². The molecule has 0 aromatic heterocycles. The molecule has 2 N–H and O–H groups in total. The van der Waals surface area contributed by atoms with Crippen molar-refractivity contribution in [2.45, 2.75) is 17.7 Å². The van der Waals surface area contributed by atoms with Gasteiger partial charge in [-0.25, -0.2) is 8.42 Å². The van der Waals surface area contributed by atoms with Crippen LogP contribution in [0.15, 0.2) is 29.2 Å². The monoisotopic (exact) mass is 326 g/mol. The van der Waals surface area contributed by atoms with Crippen LogP contribution in [0.1, 0.15) is 12.8 Å². The maximum absolute atomic E-state index is 11.3. The average Bonchev–Trinajstić information content (AvgIpc) is 2.92. The molecule has 0 bridgehead atoms. The Bertz CT molecular complexity index is 613. The Morgan fingerprint density at radius 1 is 1.36 bits per heavy atom. The third kappa shape index (κ3) is 4.71. The number of likely N-dealkylation sites (tertiary alicyclic amines) is 1. The van der Waals surface area contributed by atoms with Gasteiger partial charge in [0.2, 0.25) is 5.91 Å². The largest absolute Gasteiger partial charge is 0.494 e. The minimum Gasteiger partial charge on any atom is -0.494 e. The zero-order valence-corrected chi connectivity index (χ0v) is 13.5. The number of hydrogen-bond acceptors (Lipinski definition) is 5. The standard InChI is InChI=1S/C15H22N2O4S/c1-22(19,20)14-5-3-13(4-6-14)21-10-2-8-17-9-7-12(11-17)15(16)18/h3-6,12H,2,7-11H2,1H3,(H2,16,18)/t12-/m1/s1. The summed E-state index contributed by atoms with van der Waals surface area (Å²) in [6.07, 6.45) is 2.86. The molecule has 0 saturated carbocycles. The van der Waals surface area contributed by atoms with Crippen LogP contribution in [0.25, 0.3) is 0 Å². The van der Waals surface area contributed by atoms with Crippen molar-refractivity contribution in [3.8, 4) is 5.75 Å². The number of hydrogen-bond donors (Lipinski definition) is 1. The number of amides is 1. The molecular formula is C15H22N2O4S. The highest BCUT2D eigenvalue weighted by Crippen LogP contribution is 2.17. The molecule has 0 spiro atoms. The van der Waals surface area contributed by atoms with Gasteiger partial charge in [0, 0.05) is 19.3 Å². The smallest absolute Gasteiger partial charge is 0.221 e. The van der Waals surface area contributed by atoms with Crippen LogP contribution in [-0.2, 0) is 14.6 Å². The molecule has 7 heteroatoms. The third-order valence-electron chi connectivity index (χ3n) is 3.81. The van der Waals surface area contributed by atoms with Crippen molar-refractivity contribution in [3.63, 3.8) is 0 Å². The fourth-order valence-electron chi connectivity index (χ4n) is 2.53. The highest BCUT2D eigenvalue weighted by atomic mass is 32.2. The summed E-state index contributed by atoms with van der Waals surface area (Å²) in [6.45, 7) is 3.05. The lowest BCUT2D eigenvalue weighted by molar-refractivity contribution is -0.121. The number of ether oxygens (including phenoxy) is 1. The molecule has 0 radical (unpaired) electrons. The van der Waals surface area contributed by atoms with Gasteiger partial charge >= 0.3 is 0 Å². The van der Waals surface area contributed by atoms with Gasteiger partial charge < -0.3 is 15.4 Å². The minimum atomic E-state index is -3.17. The van der Waals surface area contributed by atoms with Crippen LogP contribution in [0.2, 0.25) is 0 Å². The lowest BCUT2D eigenvalue weighted by Crippen LogP contribution is -2.28. The van der Waals surface area contributed by atoms with Crippen molar-refractivity contribution < 1.29 is 17.9 Å². The van der Waals surface area contributed by atoms with Gasteiger partial charge in [-0.1, -0.05) is 0 Å². The second kappa shape index (κ2) is 7.11. The number of nitrogens with two attached hydrogens (primary N) is 1. The SMILES string of the molecule is CS(=O)(=O)c1ccc(OCCCN2CC[C@@H](C(N)=O)C2)cc1. The first kappa shape index (κ1) is 16.8. The molecule has 1 saturated heterocycles. The fraction of sp³-hybridized carbons (Fsp3) is 0.533. The molecule has 1 amide bonds. The van der Waals surface area contributed by atoms with E-state index in [1.807, 2.05) is 0 Å². The predicted molar refractivity (Wildman–Crippen MR) is 83.4 cm³/mol. The summed E-state index contributed by atoms with van der Waals surface area (Å²) in [5.41, 5.74) is 5.30. The predicted octanol–water partition coefficient (Wildman–Crippen LogP) is 0.666. The van der Waals surface area contributed by atoms with Crippen LogP contribution in [0.3, 0.4) is 0 Å². The third-order valence-corrected chi connectivity index (χ3v) is 4.94. The summed E-state index contributed by atoms with van der Waals surface area (Å²) < 4.78 is 28.3. The van der Waals surface area contributed by atoms with Gasteiger partial charge in [0.05, 0.1) is 17.4 Å². The van der Waals surface area contributed by atoms with Gasteiger partial charge in [0.15, 0.2) is 9.84 Å². The lowest BCUT2D eigenvalue weighted by Gasteiger charge is -2.15. The van der Waals surface area contributed by atoms with E-state index in [4.69, 9.17) is 10.5 Å². The van der Waals surface area contributed by atoms with Crippen LogP contribution in [-0.4, -0.2) is 51.7 Å². The number of benzene rings is 1. The molecule has 1 aliphatic rings. The fourth-order valence-corrected chi connectivity index (χ4v) is 3.16. The zero-order valence-electron chi connectivity index (χ0n) is 12.7. The topological polar surface area (TPSA) is 89.7 Å². The Morgan fingerprint density at radius 3 is 2.59 bits per heavy atom. The van der Waals surface area contributed by atoms with Gasteiger partial charge in [0.1, 0.15) is 5.75 Å². The van der Waals surface area contributed by atoms with Gasteiger partial charge in [-0.3, -0.25) is 4.79 Å². The molecular weight excluding hydrogens is 304 g/mol. The molecule has 6 nitrogen and oxygen atoms in total. The number of sulfone groups is 1. The Labute approximate surface area is 131 Å². The van der Waals surface area contributed by atoms with Gasteiger partial charge in [0.25, 0.3) is 0 Å². The van der Waals surface area contributed by atoms with Crippen LogP contribution in [0.4, 0.5) is 0 Å². The molecule has 1 aliphatic heterocycles. The normalized spacial score (nSPS) is 19.2. The quantitative estimate of drug-likeness (QED) is 0.744. The summed E-state index contributed by atoms with van der Waals surface area (Å²) in [6, 6.07) is 6.41. The van der Waals surface area contributed by atoms with E-state index in [2.05, 4.69) is 4.90 Å². The molecule has 1 heterocycles. The number of nitrogens with zero attached hydrogens (tertiary/aromatic N) is 1. The van der Waals surface area contributed by atoms with Crippen LogP contribution >= 0.6 is 0 Å². The Morgan fingerprint density at radius 2 is 2.05 bits per heavy atom. The summed E-state index contributed by atoms with van der Waals surface area (Å²) in [4.78, 5) is 13.6. The van der Waals surface area contributed by atoms with Crippen molar-refractivity contribution in [3.05, 3.63) is 24.3 Å².